The summed E-state index contributed by atoms with van der Waals surface area (Å²) in [5.41, 5.74) is -0.845. The predicted molar refractivity (Wildman–Crippen MR) is 74.5 cm³/mol. The zero-order chi connectivity index (χ0) is 14.9. The molecule has 0 aliphatic carbocycles. The number of ether oxygens (including phenoxy) is 2. The molecule has 0 radical (unpaired) electrons. The molecule has 0 heterocycles. The molecule has 4 nitrogen and oxygen atoms in total. The van der Waals surface area contributed by atoms with Crippen LogP contribution >= 0.6 is 0 Å². The maximum Gasteiger partial charge on any atom is 0.324 e. The summed E-state index contributed by atoms with van der Waals surface area (Å²) in [6.07, 6.45) is 3.26. The molecule has 0 spiro atoms. The Morgan fingerprint density at radius 1 is 1.11 bits per heavy atom. The number of rotatable bonds is 9. The average molecular weight is 266 g/mol. The summed E-state index contributed by atoms with van der Waals surface area (Å²) >= 11 is 0. The number of hydrogen-bond acceptors (Lipinski definition) is 4. The van der Waals surface area contributed by atoms with Crippen molar-refractivity contribution in [3.05, 3.63) is 37.5 Å². The fourth-order valence-electron chi connectivity index (χ4n) is 1.71. The predicted octanol–water partition coefficient (Wildman–Crippen LogP) is 2.81. The summed E-state index contributed by atoms with van der Waals surface area (Å²) in [5.74, 6) is -1.23. The van der Waals surface area contributed by atoms with Gasteiger partial charge in [-0.25, -0.2) is 0 Å². The van der Waals surface area contributed by atoms with Gasteiger partial charge < -0.3 is 9.47 Å². The lowest BCUT2D eigenvalue weighted by Crippen LogP contribution is -2.42. The smallest absolute Gasteiger partial charge is 0.324 e. The van der Waals surface area contributed by atoms with Gasteiger partial charge in [-0.2, -0.15) is 0 Å². The summed E-state index contributed by atoms with van der Waals surface area (Å²) in [6, 6.07) is 0. The zero-order valence-electron chi connectivity index (χ0n) is 11.7. The molecule has 0 saturated carbocycles. The molecular weight excluding hydrogens is 244 g/mol. The molecule has 0 fully saturated rings. The van der Waals surface area contributed by atoms with Crippen LogP contribution in [-0.2, 0) is 19.1 Å². The van der Waals surface area contributed by atoms with Crippen molar-refractivity contribution in [3.8, 4) is 0 Å². The van der Waals surface area contributed by atoms with Gasteiger partial charge in [-0.05, 0) is 26.7 Å². The van der Waals surface area contributed by atoms with Gasteiger partial charge in [0.25, 0.3) is 0 Å². The molecule has 0 bridgehead atoms. The van der Waals surface area contributed by atoms with E-state index in [4.69, 9.17) is 9.47 Å². The monoisotopic (exact) mass is 266 g/mol. The highest BCUT2D eigenvalue weighted by Gasteiger charge is 2.47. The lowest BCUT2D eigenvalue weighted by Gasteiger charge is -2.28. The van der Waals surface area contributed by atoms with Crippen molar-refractivity contribution < 1.29 is 19.1 Å². The van der Waals surface area contributed by atoms with Crippen LogP contribution in [0.5, 0.6) is 0 Å². The maximum absolute atomic E-state index is 12.2. The van der Waals surface area contributed by atoms with E-state index in [0.717, 1.165) is 0 Å². The third-order valence-corrected chi connectivity index (χ3v) is 2.64. The molecule has 0 aromatic carbocycles. The summed E-state index contributed by atoms with van der Waals surface area (Å²) in [4.78, 5) is 24.4. The van der Waals surface area contributed by atoms with Crippen LogP contribution in [0.4, 0.5) is 0 Å². The van der Waals surface area contributed by atoms with Crippen LogP contribution < -0.4 is 0 Å². The van der Waals surface area contributed by atoms with Gasteiger partial charge >= 0.3 is 11.9 Å². The summed E-state index contributed by atoms with van der Waals surface area (Å²) in [7, 11) is 0. The first kappa shape index (κ1) is 17.2. The van der Waals surface area contributed by atoms with Gasteiger partial charge in [0.1, 0.15) is 0 Å². The second-order valence-corrected chi connectivity index (χ2v) is 4.05. The highest BCUT2D eigenvalue weighted by Crippen LogP contribution is 2.34. The molecule has 0 N–H and O–H groups in total. The van der Waals surface area contributed by atoms with E-state index < -0.39 is 17.4 Å². The Morgan fingerprint density at radius 3 is 1.89 bits per heavy atom. The minimum absolute atomic E-state index is 0.111. The van der Waals surface area contributed by atoms with Crippen molar-refractivity contribution >= 4 is 11.9 Å². The second-order valence-electron chi connectivity index (χ2n) is 4.05. The number of esters is 2. The van der Waals surface area contributed by atoms with Crippen molar-refractivity contribution in [1.29, 1.82) is 0 Å². The van der Waals surface area contributed by atoms with Gasteiger partial charge in [0.2, 0.25) is 0 Å². The zero-order valence-corrected chi connectivity index (χ0v) is 11.7. The molecule has 4 heteroatoms. The quantitative estimate of drug-likeness (QED) is 0.279. The molecule has 0 saturated heterocycles. The van der Waals surface area contributed by atoms with Crippen LogP contribution in [0.1, 0.15) is 26.7 Å². The van der Waals surface area contributed by atoms with Crippen LogP contribution in [0.2, 0.25) is 0 Å². The molecule has 0 amide bonds. The second kappa shape index (κ2) is 8.29. The Kier molecular flexibility index (Phi) is 7.49. The first-order valence-corrected chi connectivity index (χ1v) is 6.24. The Hall–Kier alpha value is -1.84. The van der Waals surface area contributed by atoms with Crippen molar-refractivity contribution in [3.63, 3.8) is 0 Å². The Morgan fingerprint density at radius 2 is 1.58 bits per heavy atom. The van der Waals surface area contributed by atoms with Crippen LogP contribution in [-0.4, -0.2) is 25.2 Å². The standard InChI is InChI=1S/C15H22O4/c1-6-10-15(11-12(5)7-2,13(16)18-8-3)14(17)19-9-4/h6-7H,1-2,5,8-11H2,3-4H3. The van der Waals surface area contributed by atoms with Gasteiger partial charge in [-0.15, -0.1) is 6.58 Å². The molecule has 0 aromatic rings. The van der Waals surface area contributed by atoms with Crippen LogP contribution in [0.15, 0.2) is 37.5 Å². The van der Waals surface area contributed by atoms with E-state index >= 15 is 0 Å². The van der Waals surface area contributed by atoms with Crippen molar-refractivity contribution in [2.24, 2.45) is 5.41 Å². The number of hydrogen-bond donors (Lipinski definition) is 0. The van der Waals surface area contributed by atoms with Gasteiger partial charge in [-0.3, -0.25) is 9.59 Å². The molecule has 0 aromatic heterocycles. The number of carbonyl (C=O) groups excluding carboxylic acids is 2. The molecule has 0 rings (SSSR count). The molecule has 0 atom stereocenters. The lowest BCUT2D eigenvalue weighted by molar-refractivity contribution is -0.171. The first-order chi connectivity index (χ1) is 8.98. The van der Waals surface area contributed by atoms with E-state index in [0.29, 0.717) is 5.57 Å². The largest absolute Gasteiger partial charge is 0.465 e. The van der Waals surface area contributed by atoms with E-state index in [9.17, 15) is 9.59 Å². The highest BCUT2D eigenvalue weighted by atomic mass is 16.6. The third-order valence-electron chi connectivity index (χ3n) is 2.64. The van der Waals surface area contributed by atoms with Gasteiger partial charge in [0.15, 0.2) is 5.41 Å². The van der Waals surface area contributed by atoms with Crippen LogP contribution in [0, 0.1) is 5.41 Å². The van der Waals surface area contributed by atoms with E-state index in [1.807, 2.05) is 0 Å². The van der Waals surface area contributed by atoms with Crippen molar-refractivity contribution in [2.75, 3.05) is 13.2 Å². The van der Waals surface area contributed by atoms with Crippen molar-refractivity contribution in [2.45, 2.75) is 26.7 Å². The Labute approximate surface area is 114 Å². The molecular formula is C15H22O4. The minimum atomic E-state index is -1.42. The topological polar surface area (TPSA) is 52.6 Å². The van der Waals surface area contributed by atoms with Gasteiger partial charge in [0.05, 0.1) is 13.2 Å². The van der Waals surface area contributed by atoms with E-state index in [1.54, 1.807) is 13.8 Å². The number of allylic oxidation sites excluding steroid dienone is 3. The fourth-order valence-corrected chi connectivity index (χ4v) is 1.71. The molecule has 19 heavy (non-hydrogen) atoms. The van der Waals surface area contributed by atoms with Crippen molar-refractivity contribution in [1.82, 2.24) is 0 Å². The lowest BCUT2D eigenvalue weighted by atomic mass is 9.78. The molecule has 0 aliphatic heterocycles. The summed E-state index contributed by atoms with van der Waals surface area (Å²) < 4.78 is 10.0. The van der Waals surface area contributed by atoms with E-state index in [1.165, 1.54) is 12.2 Å². The summed E-state index contributed by atoms with van der Waals surface area (Å²) in [5, 5.41) is 0. The van der Waals surface area contributed by atoms with Gasteiger partial charge in [-0.1, -0.05) is 30.9 Å². The third kappa shape index (κ3) is 4.39. The van der Waals surface area contributed by atoms with Crippen LogP contribution in [0.25, 0.3) is 0 Å². The molecule has 0 aliphatic rings. The Balaban J connectivity index is 5.49. The normalized spacial score (nSPS) is 10.4. The maximum atomic E-state index is 12.2. The first-order valence-electron chi connectivity index (χ1n) is 6.24. The SMILES string of the molecule is C=CCC(CC(=C)C=C)(C(=O)OCC)C(=O)OCC. The van der Waals surface area contributed by atoms with Crippen LogP contribution in [0.3, 0.4) is 0 Å². The highest BCUT2D eigenvalue weighted by molar-refractivity contribution is 6.00. The molecule has 0 unspecified atom stereocenters. The van der Waals surface area contributed by atoms with Gasteiger partial charge in [0, 0.05) is 0 Å². The molecule has 106 valence electrons. The Bertz CT molecular complexity index is 350. The van der Waals surface area contributed by atoms with E-state index in [2.05, 4.69) is 19.7 Å². The summed E-state index contributed by atoms with van der Waals surface area (Å²) in [6.45, 7) is 14.7. The number of carbonyl (C=O) groups is 2. The average Bonchev–Trinajstić information content (AvgIpc) is 2.38. The fraction of sp³-hybridized carbons (Fsp3) is 0.467. The van der Waals surface area contributed by atoms with E-state index in [-0.39, 0.29) is 26.1 Å². The minimum Gasteiger partial charge on any atom is -0.465 e.